The molecule has 1 saturated heterocycles. The predicted molar refractivity (Wildman–Crippen MR) is 122 cm³/mol. The molecule has 0 saturated carbocycles. The summed E-state index contributed by atoms with van der Waals surface area (Å²) in [6, 6.07) is 15.3. The molecule has 0 aromatic heterocycles. The minimum atomic E-state index is -0.610. The molecular weight excluding hydrogens is 416 g/mol. The van der Waals surface area contributed by atoms with E-state index >= 15 is 0 Å². The highest BCUT2D eigenvalue weighted by atomic mass is 35.5. The average Bonchev–Trinajstić information content (AvgIpc) is 2.79. The molecular formula is C24H31ClN2O4. The standard InChI is InChI=1S/C24H31ClN2O4/c1-18(31-22-8-6-20(25)7-9-22)24(28)26-17-19-4-3-5-23(16-19)30-15-12-27(2)21-10-13-29-14-11-21/h3-9,16,18,21H,10-15,17H2,1-2H3,(H,26,28). The molecule has 1 fully saturated rings. The van der Waals surface area contributed by atoms with Crippen molar-refractivity contribution in [1.82, 2.24) is 10.2 Å². The molecule has 6 nitrogen and oxygen atoms in total. The predicted octanol–water partition coefficient (Wildman–Crippen LogP) is 3.91. The largest absolute Gasteiger partial charge is 0.492 e. The number of halogens is 1. The second-order valence-corrected chi connectivity index (χ2v) is 8.19. The van der Waals surface area contributed by atoms with E-state index in [-0.39, 0.29) is 5.91 Å². The van der Waals surface area contributed by atoms with Gasteiger partial charge >= 0.3 is 0 Å². The fraction of sp³-hybridized carbons (Fsp3) is 0.458. The van der Waals surface area contributed by atoms with E-state index in [1.807, 2.05) is 24.3 Å². The summed E-state index contributed by atoms with van der Waals surface area (Å²) in [6.45, 7) is 5.30. The van der Waals surface area contributed by atoms with E-state index in [9.17, 15) is 4.79 Å². The lowest BCUT2D eigenvalue weighted by atomic mass is 10.1. The van der Waals surface area contributed by atoms with Crippen LogP contribution < -0.4 is 14.8 Å². The van der Waals surface area contributed by atoms with E-state index in [1.54, 1.807) is 31.2 Å². The van der Waals surface area contributed by atoms with Crippen LogP contribution in [-0.2, 0) is 16.1 Å². The topological polar surface area (TPSA) is 60.0 Å². The Morgan fingerprint density at radius 3 is 2.68 bits per heavy atom. The smallest absolute Gasteiger partial charge is 0.261 e. The average molecular weight is 447 g/mol. The van der Waals surface area contributed by atoms with E-state index in [1.165, 1.54) is 0 Å². The van der Waals surface area contributed by atoms with Gasteiger partial charge in [-0.15, -0.1) is 0 Å². The van der Waals surface area contributed by atoms with Crippen LogP contribution in [0.15, 0.2) is 48.5 Å². The molecule has 1 amide bonds. The Morgan fingerprint density at radius 1 is 1.19 bits per heavy atom. The van der Waals surface area contributed by atoms with Gasteiger partial charge in [-0.3, -0.25) is 9.69 Å². The first kappa shape index (κ1) is 23.4. The highest BCUT2D eigenvalue weighted by molar-refractivity contribution is 6.30. The van der Waals surface area contributed by atoms with Crippen molar-refractivity contribution in [2.45, 2.75) is 38.5 Å². The van der Waals surface area contributed by atoms with Crippen molar-refractivity contribution in [3.05, 3.63) is 59.1 Å². The zero-order valence-electron chi connectivity index (χ0n) is 18.2. The number of ether oxygens (including phenoxy) is 3. The number of carbonyl (C=O) groups is 1. The van der Waals surface area contributed by atoms with E-state index in [0.29, 0.717) is 30.0 Å². The lowest BCUT2D eigenvalue weighted by Crippen LogP contribution is -2.38. The molecule has 168 valence electrons. The quantitative estimate of drug-likeness (QED) is 0.599. The van der Waals surface area contributed by atoms with Crippen molar-refractivity contribution in [3.63, 3.8) is 0 Å². The molecule has 0 bridgehead atoms. The first-order valence-electron chi connectivity index (χ1n) is 10.7. The number of hydrogen-bond donors (Lipinski definition) is 1. The van der Waals surface area contributed by atoms with Crippen molar-refractivity contribution in [3.8, 4) is 11.5 Å². The van der Waals surface area contributed by atoms with Crippen LogP contribution in [0.2, 0.25) is 5.02 Å². The zero-order valence-corrected chi connectivity index (χ0v) is 18.9. The van der Waals surface area contributed by atoms with Crippen molar-refractivity contribution < 1.29 is 19.0 Å². The van der Waals surface area contributed by atoms with E-state index in [2.05, 4.69) is 17.3 Å². The molecule has 0 aliphatic carbocycles. The van der Waals surface area contributed by atoms with E-state index in [0.717, 1.165) is 43.9 Å². The second-order valence-electron chi connectivity index (χ2n) is 7.75. The summed E-state index contributed by atoms with van der Waals surface area (Å²) >= 11 is 5.87. The second kappa shape index (κ2) is 11.9. The molecule has 31 heavy (non-hydrogen) atoms. The number of nitrogens with one attached hydrogen (secondary N) is 1. The summed E-state index contributed by atoms with van der Waals surface area (Å²) in [5, 5.41) is 3.54. The highest BCUT2D eigenvalue weighted by Crippen LogP contribution is 2.18. The molecule has 2 aromatic rings. The van der Waals surface area contributed by atoms with Crippen LogP contribution in [0.1, 0.15) is 25.3 Å². The minimum absolute atomic E-state index is 0.181. The summed E-state index contributed by atoms with van der Waals surface area (Å²) in [5.41, 5.74) is 0.974. The maximum atomic E-state index is 12.4. The molecule has 1 N–H and O–H groups in total. The van der Waals surface area contributed by atoms with Crippen LogP contribution in [0.5, 0.6) is 11.5 Å². The van der Waals surface area contributed by atoms with E-state index < -0.39 is 6.10 Å². The zero-order chi connectivity index (χ0) is 22.1. The fourth-order valence-electron chi connectivity index (χ4n) is 3.46. The number of carbonyl (C=O) groups excluding carboxylic acids is 1. The van der Waals surface area contributed by atoms with Crippen molar-refractivity contribution >= 4 is 17.5 Å². The van der Waals surface area contributed by atoms with Gasteiger partial charge in [0.15, 0.2) is 6.10 Å². The van der Waals surface area contributed by atoms with Crippen LogP contribution in [0.25, 0.3) is 0 Å². The van der Waals surface area contributed by atoms with Gasteiger partial charge in [-0.1, -0.05) is 23.7 Å². The third kappa shape index (κ3) is 7.73. The Hall–Kier alpha value is -2.28. The van der Waals surface area contributed by atoms with E-state index in [4.69, 9.17) is 25.8 Å². The van der Waals surface area contributed by atoms with Gasteiger partial charge in [-0.2, -0.15) is 0 Å². The lowest BCUT2D eigenvalue weighted by molar-refractivity contribution is -0.127. The summed E-state index contributed by atoms with van der Waals surface area (Å²) in [7, 11) is 2.14. The Balaban J connectivity index is 1.41. The summed E-state index contributed by atoms with van der Waals surface area (Å²) in [6.07, 6.45) is 1.54. The molecule has 1 aliphatic heterocycles. The number of benzene rings is 2. The monoisotopic (exact) mass is 446 g/mol. The van der Waals surface area contributed by atoms with Gasteiger partial charge in [0.05, 0.1) is 0 Å². The van der Waals surface area contributed by atoms with Gasteiger partial charge < -0.3 is 19.5 Å². The summed E-state index contributed by atoms with van der Waals surface area (Å²) in [4.78, 5) is 14.7. The van der Waals surface area contributed by atoms with Crippen LogP contribution >= 0.6 is 11.6 Å². The summed E-state index contributed by atoms with van der Waals surface area (Å²) in [5.74, 6) is 1.23. The number of amides is 1. The van der Waals surface area contributed by atoms with Gasteiger partial charge in [-0.25, -0.2) is 0 Å². The lowest BCUT2D eigenvalue weighted by Gasteiger charge is -2.31. The Labute approximate surface area is 189 Å². The molecule has 7 heteroatoms. The number of likely N-dealkylation sites (N-methyl/N-ethyl adjacent to an activating group) is 1. The normalized spacial score (nSPS) is 15.5. The first-order valence-corrected chi connectivity index (χ1v) is 11.1. The molecule has 0 radical (unpaired) electrons. The highest BCUT2D eigenvalue weighted by Gasteiger charge is 2.18. The molecule has 1 aliphatic rings. The van der Waals surface area contributed by atoms with Crippen LogP contribution in [0.3, 0.4) is 0 Å². The Bertz CT molecular complexity index is 825. The number of rotatable bonds is 10. The third-order valence-electron chi connectivity index (χ3n) is 5.39. The molecule has 3 rings (SSSR count). The van der Waals surface area contributed by atoms with Crippen LogP contribution in [-0.4, -0.2) is 56.4 Å². The van der Waals surface area contributed by atoms with Gasteiger partial charge in [0.1, 0.15) is 18.1 Å². The first-order chi connectivity index (χ1) is 15.0. The van der Waals surface area contributed by atoms with Crippen molar-refractivity contribution in [2.75, 3.05) is 33.4 Å². The SMILES string of the molecule is CC(Oc1ccc(Cl)cc1)C(=O)NCc1cccc(OCCN(C)C2CCOCC2)c1. The van der Waals surface area contributed by atoms with Crippen LogP contribution in [0, 0.1) is 0 Å². The molecule has 2 aromatic carbocycles. The maximum absolute atomic E-state index is 12.4. The van der Waals surface area contributed by atoms with Gasteiger partial charge in [0, 0.05) is 37.4 Å². The van der Waals surface area contributed by atoms with Gasteiger partial charge in [-0.05, 0) is 68.8 Å². The Kier molecular flexibility index (Phi) is 9.00. The van der Waals surface area contributed by atoms with Gasteiger partial charge in [0.2, 0.25) is 0 Å². The van der Waals surface area contributed by atoms with Crippen molar-refractivity contribution in [1.29, 1.82) is 0 Å². The number of nitrogens with zero attached hydrogens (tertiary/aromatic N) is 1. The summed E-state index contributed by atoms with van der Waals surface area (Å²) < 4.78 is 17.0. The van der Waals surface area contributed by atoms with Crippen molar-refractivity contribution in [2.24, 2.45) is 0 Å². The maximum Gasteiger partial charge on any atom is 0.261 e. The molecule has 1 unspecified atom stereocenters. The molecule has 1 heterocycles. The minimum Gasteiger partial charge on any atom is -0.492 e. The Morgan fingerprint density at radius 2 is 1.94 bits per heavy atom. The van der Waals surface area contributed by atoms with Gasteiger partial charge in [0.25, 0.3) is 5.91 Å². The molecule has 1 atom stereocenters. The fourth-order valence-corrected chi connectivity index (χ4v) is 3.59. The van der Waals surface area contributed by atoms with Crippen LogP contribution in [0.4, 0.5) is 0 Å². The molecule has 0 spiro atoms. The third-order valence-corrected chi connectivity index (χ3v) is 5.64. The number of hydrogen-bond acceptors (Lipinski definition) is 5.